The minimum atomic E-state index is -1.25. The van der Waals surface area contributed by atoms with Gasteiger partial charge in [0, 0.05) is 13.7 Å². The summed E-state index contributed by atoms with van der Waals surface area (Å²) in [5.74, 6) is 0.589. The van der Waals surface area contributed by atoms with Crippen molar-refractivity contribution in [3.63, 3.8) is 0 Å². The molecule has 3 aromatic rings. The van der Waals surface area contributed by atoms with Crippen molar-refractivity contribution in [1.82, 2.24) is 14.5 Å². The molecule has 1 unspecified atom stereocenters. The Labute approximate surface area is 196 Å². The van der Waals surface area contributed by atoms with Gasteiger partial charge in [-0.15, -0.1) is 0 Å². The molecule has 0 radical (unpaired) electrons. The summed E-state index contributed by atoms with van der Waals surface area (Å²) in [6.07, 6.45) is 0. The molecule has 170 valence electrons. The zero-order valence-corrected chi connectivity index (χ0v) is 19.6. The van der Waals surface area contributed by atoms with Crippen LogP contribution in [0.2, 0.25) is 0 Å². The van der Waals surface area contributed by atoms with Crippen LogP contribution in [0.4, 0.5) is 0 Å². The minimum absolute atomic E-state index is 0.235. The topological polar surface area (TPSA) is 73.7 Å². The van der Waals surface area contributed by atoms with Gasteiger partial charge in [0.2, 0.25) is 0 Å². The molecule has 32 heavy (non-hydrogen) atoms. The maximum atomic E-state index is 13.5. The molecular weight excluding hydrogens is 453 g/mol. The van der Waals surface area contributed by atoms with Crippen LogP contribution in [0.5, 0.6) is 5.75 Å². The highest BCUT2D eigenvalue weighted by molar-refractivity contribution is 6.53. The number of halogens is 2. The van der Waals surface area contributed by atoms with Crippen LogP contribution in [0.25, 0.3) is 16.6 Å². The standard InChI is InChI=1S/C23H25Cl2N3O4/c1-4-32-17-11-9-16(10-12-17)28-21(26-19-8-6-5-7-18(19)22(28)29)15(2)27(13-14-31-3)23(30)20(24)25/h5-12,15,20H,4,13-14H2,1-3H3. The van der Waals surface area contributed by atoms with E-state index in [-0.39, 0.29) is 18.7 Å². The van der Waals surface area contributed by atoms with E-state index in [1.807, 2.05) is 13.0 Å². The highest BCUT2D eigenvalue weighted by atomic mass is 35.5. The number of aromatic nitrogens is 2. The normalized spacial score (nSPS) is 12.2. The molecular formula is C23H25Cl2N3O4. The van der Waals surface area contributed by atoms with Crippen LogP contribution < -0.4 is 10.3 Å². The summed E-state index contributed by atoms with van der Waals surface area (Å²) in [5.41, 5.74) is 0.897. The lowest BCUT2D eigenvalue weighted by atomic mass is 10.1. The molecule has 1 heterocycles. The SMILES string of the molecule is CCOc1ccc(-n2c(C(C)N(CCOC)C(=O)C(Cl)Cl)nc3ccccc3c2=O)cc1. The number of benzene rings is 2. The first-order valence-corrected chi connectivity index (χ1v) is 11.1. The summed E-state index contributed by atoms with van der Waals surface area (Å²) in [7, 11) is 1.54. The number of hydrogen-bond donors (Lipinski definition) is 0. The van der Waals surface area contributed by atoms with E-state index in [0.29, 0.717) is 34.8 Å². The fraction of sp³-hybridized carbons (Fsp3) is 0.348. The molecule has 7 nitrogen and oxygen atoms in total. The highest BCUT2D eigenvalue weighted by Crippen LogP contribution is 2.25. The Balaban J connectivity index is 2.20. The van der Waals surface area contributed by atoms with Crippen LogP contribution >= 0.6 is 23.2 Å². The molecule has 0 saturated carbocycles. The van der Waals surface area contributed by atoms with Gasteiger partial charge in [0.1, 0.15) is 11.6 Å². The maximum absolute atomic E-state index is 13.5. The molecule has 0 spiro atoms. The van der Waals surface area contributed by atoms with Gasteiger partial charge in [-0.25, -0.2) is 4.98 Å². The first-order chi connectivity index (χ1) is 15.4. The Morgan fingerprint density at radius 3 is 2.47 bits per heavy atom. The monoisotopic (exact) mass is 477 g/mol. The van der Waals surface area contributed by atoms with Crippen LogP contribution in [-0.2, 0) is 9.53 Å². The summed E-state index contributed by atoms with van der Waals surface area (Å²) in [5, 5.41) is 0.472. The van der Waals surface area contributed by atoms with Crippen LogP contribution in [-0.4, -0.2) is 52.1 Å². The number of ether oxygens (including phenoxy) is 2. The Kier molecular flexibility index (Phi) is 8.12. The number of nitrogens with zero attached hydrogens (tertiary/aromatic N) is 3. The average Bonchev–Trinajstić information content (AvgIpc) is 2.80. The molecule has 0 aliphatic carbocycles. The predicted octanol–water partition coefficient (Wildman–Crippen LogP) is 4.12. The van der Waals surface area contributed by atoms with Crippen molar-refractivity contribution in [2.75, 3.05) is 26.9 Å². The third kappa shape index (κ3) is 5.06. The number of carbonyl (C=O) groups excluding carboxylic acids is 1. The van der Waals surface area contributed by atoms with Gasteiger partial charge in [-0.3, -0.25) is 14.2 Å². The van der Waals surface area contributed by atoms with E-state index in [9.17, 15) is 9.59 Å². The van der Waals surface area contributed by atoms with Gasteiger partial charge in [-0.2, -0.15) is 0 Å². The molecule has 0 N–H and O–H groups in total. The molecule has 1 aromatic heterocycles. The van der Waals surface area contributed by atoms with Gasteiger partial charge in [-0.05, 0) is 50.2 Å². The Morgan fingerprint density at radius 1 is 1.16 bits per heavy atom. The third-order valence-corrected chi connectivity index (χ3v) is 5.43. The Bertz CT molecular complexity index is 1130. The number of para-hydroxylation sites is 1. The Morgan fingerprint density at radius 2 is 1.84 bits per heavy atom. The van der Waals surface area contributed by atoms with Crippen LogP contribution in [0.1, 0.15) is 25.7 Å². The third-order valence-electron chi connectivity index (χ3n) is 5.05. The number of rotatable bonds is 9. The smallest absolute Gasteiger partial charge is 0.266 e. The first kappa shape index (κ1) is 24.0. The van der Waals surface area contributed by atoms with Gasteiger partial charge in [0.05, 0.1) is 35.8 Å². The van der Waals surface area contributed by atoms with E-state index in [4.69, 9.17) is 37.7 Å². The fourth-order valence-corrected chi connectivity index (χ4v) is 3.74. The van der Waals surface area contributed by atoms with Crippen molar-refractivity contribution in [2.24, 2.45) is 0 Å². The number of methoxy groups -OCH3 is 1. The van der Waals surface area contributed by atoms with Crippen LogP contribution in [0.15, 0.2) is 53.3 Å². The molecule has 1 amide bonds. The van der Waals surface area contributed by atoms with Gasteiger partial charge in [0.25, 0.3) is 11.5 Å². The zero-order valence-electron chi connectivity index (χ0n) is 18.1. The second-order valence-electron chi connectivity index (χ2n) is 7.06. The summed E-state index contributed by atoms with van der Waals surface area (Å²) in [4.78, 5) is 31.2. The van der Waals surface area contributed by atoms with Crippen LogP contribution in [0.3, 0.4) is 0 Å². The molecule has 2 aromatic carbocycles. The number of fused-ring (bicyclic) bond motifs is 1. The van der Waals surface area contributed by atoms with Crippen molar-refractivity contribution in [2.45, 2.75) is 24.7 Å². The molecule has 0 bridgehead atoms. The molecule has 9 heteroatoms. The predicted molar refractivity (Wildman–Crippen MR) is 126 cm³/mol. The van der Waals surface area contributed by atoms with E-state index < -0.39 is 16.8 Å². The molecule has 3 rings (SSSR count). The second-order valence-corrected chi connectivity index (χ2v) is 8.15. The lowest BCUT2D eigenvalue weighted by Gasteiger charge is -2.30. The lowest BCUT2D eigenvalue weighted by Crippen LogP contribution is -2.41. The van der Waals surface area contributed by atoms with Crippen molar-refractivity contribution in [1.29, 1.82) is 0 Å². The van der Waals surface area contributed by atoms with E-state index in [0.717, 1.165) is 0 Å². The van der Waals surface area contributed by atoms with Crippen molar-refractivity contribution in [3.05, 3.63) is 64.7 Å². The molecule has 0 fully saturated rings. The fourth-order valence-electron chi connectivity index (χ4n) is 3.49. The van der Waals surface area contributed by atoms with E-state index in [2.05, 4.69) is 0 Å². The van der Waals surface area contributed by atoms with E-state index in [1.54, 1.807) is 49.4 Å². The Hall–Kier alpha value is -2.61. The summed E-state index contributed by atoms with van der Waals surface area (Å²) >= 11 is 11.8. The lowest BCUT2D eigenvalue weighted by molar-refractivity contribution is -0.132. The molecule has 0 aliphatic rings. The zero-order chi connectivity index (χ0) is 23.3. The summed E-state index contributed by atoms with van der Waals surface area (Å²) < 4.78 is 12.2. The summed E-state index contributed by atoms with van der Waals surface area (Å²) in [6.45, 7) is 4.73. The maximum Gasteiger partial charge on any atom is 0.266 e. The van der Waals surface area contributed by atoms with E-state index >= 15 is 0 Å². The molecule has 0 saturated heterocycles. The highest BCUT2D eigenvalue weighted by Gasteiger charge is 2.29. The van der Waals surface area contributed by atoms with Gasteiger partial charge >= 0.3 is 0 Å². The second kappa shape index (κ2) is 10.8. The number of carbonyl (C=O) groups is 1. The first-order valence-electron chi connectivity index (χ1n) is 10.2. The van der Waals surface area contributed by atoms with Gasteiger partial charge in [0.15, 0.2) is 4.84 Å². The van der Waals surface area contributed by atoms with Crippen molar-refractivity contribution in [3.8, 4) is 11.4 Å². The number of amides is 1. The number of alkyl halides is 2. The quantitative estimate of drug-likeness (QED) is 0.433. The minimum Gasteiger partial charge on any atom is -0.494 e. The number of hydrogen-bond acceptors (Lipinski definition) is 5. The largest absolute Gasteiger partial charge is 0.494 e. The van der Waals surface area contributed by atoms with Gasteiger partial charge < -0.3 is 14.4 Å². The molecule has 0 aliphatic heterocycles. The van der Waals surface area contributed by atoms with E-state index in [1.165, 1.54) is 16.6 Å². The van der Waals surface area contributed by atoms with Crippen molar-refractivity contribution >= 4 is 40.0 Å². The van der Waals surface area contributed by atoms with Gasteiger partial charge in [-0.1, -0.05) is 35.3 Å². The van der Waals surface area contributed by atoms with Crippen molar-refractivity contribution < 1.29 is 14.3 Å². The average molecular weight is 478 g/mol. The summed E-state index contributed by atoms with van der Waals surface area (Å²) in [6, 6.07) is 13.6. The molecule has 1 atom stereocenters. The van der Waals surface area contributed by atoms with Crippen LogP contribution in [0, 0.1) is 0 Å².